The number of amides is 1. The van der Waals surface area contributed by atoms with Crippen molar-refractivity contribution < 1.29 is 9.90 Å². The molecule has 2 unspecified atom stereocenters. The van der Waals surface area contributed by atoms with Crippen molar-refractivity contribution in [1.82, 2.24) is 5.32 Å². The lowest BCUT2D eigenvalue weighted by Gasteiger charge is -2.34. The fraction of sp³-hybridized carbons (Fsp3) is 0.321. The van der Waals surface area contributed by atoms with Gasteiger partial charge < -0.3 is 21.1 Å². The Bertz CT molecular complexity index is 1120. The molecule has 0 aromatic heterocycles. The highest BCUT2D eigenvalue weighted by atomic mass is 16.3. The first-order valence-electron chi connectivity index (χ1n) is 11.5. The fourth-order valence-electron chi connectivity index (χ4n) is 4.80. The number of aromatic hydroxyl groups is 1. The minimum absolute atomic E-state index is 0.0625. The molecule has 5 nitrogen and oxygen atoms in total. The molecule has 172 valence electrons. The molecule has 0 fully saturated rings. The Hall–Kier alpha value is -3.31. The summed E-state index contributed by atoms with van der Waals surface area (Å²) < 4.78 is 0. The maximum atomic E-state index is 13.1. The van der Waals surface area contributed by atoms with E-state index in [1.54, 1.807) is 12.1 Å². The summed E-state index contributed by atoms with van der Waals surface area (Å²) >= 11 is 0. The summed E-state index contributed by atoms with van der Waals surface area (Å²) in [4.78, 5) is 15.3. The summed E-state index contributed by atoms with van der Waals surface area (Å²) in [6.45, 7) is 4.75. The zero-order valence-corrected chi connectivity index (χ0v) is 19.6. The van der Waals surface area contributed by atoms with Crippen molar-refractivity contribution in [2.75, 3.05) is 18.5 Å². The van der Waals surface area contributed by atoms with Gasteiger partial charge in [-0.1, -0.05) is 42.5 Å². The Morgan fingerprint density at radius 3 is 2.48 bits per heavy atom. The van der Waals surface area contributed by atoms with Gasteiger partial charge in [-0.2, -0.15) is 0 Å². The van der Waals surface area contributed by atoms with Crippen LogP contribution in [0.5, 0.6) is 5.75 Å². The van der Waals surface area contributed by atoms with E-state index in [1.165, 1.54) is 11.1 Å². The predicted molar refractivity (Wildman–Crippen MR) is 134 cm³/mol. The monoisotopic (exact) mass is 443 g/mol. The maximum Gasteiger partial charge on any atom is 0.237 e. The number of fused-ring (bicyclic) bond motifs is 1. The van der Waals surface area contributed by atoms with Crippen LogP contribution in [-0.2, 0) is 17.6 Å². The number of phenols is 1. The molecular formula is C28H33N3O2. The number of rotatable bonds is 6. The summed E-state index contributed by atoms with van der Waals surface area (Å²) in [6.07, 6.45) is 2.14. The Kier molecular flexibility index (Phi) is 6.70. The van der Waals surface area contributed by atoms with Crippen molar-refractivity contribution in [2.24, 2.45) is 5.73 Å². The molecule has 1 aliphatic heterocycles. The smallest absolute Gasteiger partial charge is 0.237 e. The summed E-state index contributed by atoms with van der Waals surface area (Å²) in [7, 11) is 2.09. The van der Waals surface area contributed by atoms with Crippen molar-refractivity contribution in [3.05, 3.63) is 94.0 Å². The summed E-state index contributed by atoms with van der Waals surface area (Å²) in [5, 5.41) is 13.0. The summed E-state index contributed by atoms with van der Waals surface area (Å²) in [6, 6.07) is 19.7. The minimum atomic E-state index is -0.650. The van der Waals surface area contributed by atoms with Gasteiger partial charge in [0.2, 0.25) is 5.91 Å². The van der Waals surface area contributed by atoms with E-state index in [4.69, 9.17) is 5.73 Å². The lowest BCUT2D eigenvalue weighted by molar-refractivity contribution is -0.123. The Balaban J connectivity index is 1.51. The average molecular weight is 444 g/mol. The second-order valence-electron chi connectivity index (χ2n) is 9.20. The van der Waals surface area contributed by atoms with Crippen LogP contribution in [0.4, 0.5) is 5.69 Å². The van der Waals surface area contributed by atoms with Gasteiger partial charge in [-0.3, -0.25) is 4.79 Å². The van der Waals surface area contributed by atoms with Crippen LogP contribution in [0.1, 0.15) is 45.8 Å². The molecule has 0 saturated carbocycles. The van der Waals surface area contributed by atoms with Gasteiger partial charge in [-0.05, 0) is 84.7 Å². The van der Waals surface area contributed by atoms with Gasteiger partial charge in [0, 0.05) is 19.3 Å². The molecule has 5 heteroatoms. The first kappa shape index (κ1) is 22.9. The molecule has 4 N–H and O–H groups in total. The molecule has 2 atom stereocenters. The maximum absolute atomic E-state index is 13.1. The number of nitrogens with one attached hydrogen (secondary N) is 1. The first-order chi connectivity index (χ1) is 15.8. The number of nitrogens with zero attached hydrogens (tertiary/aromatic N) is 1. The number of benzene rings is 3. The third-order valence-corrected chi connectivity index (χ3v) is 6.64. The van der Waals surface area contributed by atoms with Crippen molar-refractivity contribution in [2.45, 2.75) is 45.2 Å². The third kappa shape index (κ3) is 5.20. The van der Waals surface area contributed by atoms with Gasteiger partial charge in [0.15, 0.2) is 0 Å². The number of carbonyl (C=O) groups excluding carboxylic acids is 1. The summed E-state index contributed by atoms with van der Waals surface area (Å²) in [5.41, 5.74) is 14.1. The van der Waals surface area contributed by atoms with Crippen molar-refractivity contribution in [1.29, 1.82) is 0 Å². The zero-order chi connectivity index (χ0) is 23.5. The highest BCUT2D eigenvalue weighted by molar-refractivity contribution is 5.83. The molecule has 3 aromatic rings. The number of phenolic OH excluding ortho intramolecular Hbond substituents is 1. The first-order valence-corrected chi connectivity index (χ1v) is 11.5. The third-order valence-electron chi connectivity index (χ3n) is 6.64. The van der Waals surface area contributed by atoms with E-state index in [9.17, 15) is 9.90 Å². The number of nitrogens with two attached hydrogens (primary N) is 1. The van der Waals surface area contributed by atoms with E-state index in [0.29, 0.717) is 6.42 Å². The number of hydrogen-bond donors (Lipinski definition) is 3. The molecule has 0 radical (unpaired) electrons. The SMILES string of the molecule is Cc1cc(O)cc(C)c1CC(N)C(=O)NC1CCN(C)c2ccc(Cc3ccccc3)cc21. The molecule has 4 rings (SSSR count). The minimum Gasteiger partial charge on any atom is -0.508 e. The largest absolute Gasteiger partial charge is 0.508 e. The van der Waals surface area contributed by atoms with Gasteiger partial charge in [0.05, 0.1) is 12.1 Å². The van der Waals surface area contributed by atoms with Gasteiger partial charge in [-0.15, -0.1) is 0 Å². The van der Waals surface area contributed by atoms with E-state index < -0.39 is 6.04 Å². The van der Waals surface area contributed by atoms with E-state index in [1.807, 2.05) is 19.9 Å². The molecule has 0 bridgehead atoms. The summed E-state index contributed by atoms with van der Waals surface area (Å²) in [5.74, 6) is 0.0943. The molecular weight excluding hydrogens is 410 g/mol. The molecule has 1 aliphatic rings. The van der Waals surface area contributed by atoms with Gasteiger partial charge >= 0.3 is 0 Å². The lowest BCUT2D eigenvalue weighted by Crippen LogP contribution is -2.45. The number of carbonyl (C=O) groups is 1. The van der Waals surface area contributed by atoms with Gasteiger partial charge in [0.25, 0.3) is 0 Å². The molecule has 0 saturated heterocycles. The number of hydrogen-bond acceptors (Lipinski definition) is 4. The standard InChI is InChI=1S/C28H33N3O2/c1-18-13-22(32)14-19(2)23(18)17-25(29)28(33)30-26-11-12-31(3)27-10-9-21(16-24(26)27)15-20-7-5-4-6-8-20/h4-10,13-14,16,25-26,32H,11-12,15,17,29H2,1-3H3,(H,30,33). The van der Waals surface area contributed by atoms with E-state index in [0.717, 1.165) is 47.3 Å². The van der Waals surface area contributed by atoms with Crippen LogP contribution in [0, 0.1) is 13.8 Å². The molecule has 1 heterocycles. The molecule has 0 aliphatic carbocycles. The van der Waals surface area contributed by atoms with Crippen molar-refractivity contribution in [3.63, 3.8) is 0 Å². The quantitative estimate of drug-likeness (QED) is 0.534. The highest BCUT2D eigenvalue weighted by Crippen LogP contribution is 2.34. The van der Waals surface area contributed by atoms with Crippen LogP contribution < -0.4 is 16.0 Å². The molecule has 0 spiro atoms. The highest BCUT2D eigenvalue weighted by Gasteiger charge is 2.27. The second kappa shape index (κ2) is 9.67. The second-order valence-corrected chi connectivity index (χ2v) is 9.20. The Morgan fingerprint density at radius 1 is 1.09 bits per heavy atom. The normalized spacial score (nSPS) is 16.2. The van der Waals surface area contributed by atoms with Gasteiger partial charge in [0.1, 0.15) is 5.75 Å². The fourth-order valence-corrected chi connectivity index (χ4v) is 4.80. The average Bonchev–Trinajstić information content (AvgIpc) is 2.78. The van der Waals surface area contributed by atoms with Crippen LogP contribution in [0.15, 0.2) is 60.7 Å². The number of anilines is 1. The van der Waals surface area contributed by atoms with Crippen LogP contribution in [0.3, 0.4) is 0 Å². The van der Waals surface area contributed by atoms with E-state index in [2.05, 4.69) is 59.7 Å². The van der Waals surface area contributed by atoms with E-state index in [-0.39, 0.29) is 17.7 Å². The molecule has 33 heavy (non-hydrogen) atoms. The van der Waals surface area contributed by atoms with Crippen LogP contribution in [0.2, 0.25) is 0 Å². The topological polar surface area (TPSA) is 78.6 Å². The van der Waals surface area contributed by atoms with Crippen LogP contribution >= 0.6 is 0 Å². The van der Waals surface area contributed by atoms with Crippen LogP contribution in [0.25, 0.3) is 0 Å². The van der Waals surface area contributed by atoms with E-state index >= 15 is 0 Å². The van der Waals surface area contributed by atoms with Gasteiger partial charge in [-0.25, -0.2) is 0 Å². The Labute approximate surface area is 196 Å². The molecule has 1 amide bonds. The van der Waals surface area contributed by atoms with Crippen molar-refractivity contribution >= 4 is 11.6 Å². The lowest BCUT2D eigenvalue weighted by atomic mass is 9.92. The Morgan fingerprint density at radius 2 is 1.79 bits per heavy atom. The molecule has 3 aromatic carbocycles. The number of aryl methyl sites for hydroxylation is 2. The predicted octanol–water partition coefficient (Wildman–Crippen LogP) is 4.17. The van der Waals surface area contributed by atoms with Crippen molar-refractivity contribution in [3.8, 4) is 5.75 Å². The van der Waals surface area contributed by atoms with Crippen LogP contribution in [-0.4, -0.2) is 30.6 Å². The zero-order valence-electron chi connectivity index (χ0n) is 19.6.